The van der Waals surface area contributed by atoms with Gasteiger partial charge in [-0.05, 0) is 17.7 Å². The van der Waals surface area contributed by atoms with Crippen LogP contribution in [0.1, 0.15) is 5.56 Å². The highest BCUT2D eigenvalue weighted by Crippen LogP contribution is 2.11. The predicted octanol–water partition coefficient (Wildman–Crippen LogP) is 1.48. The van der Waals surface area contributed by atoms with Gasteiger partial charge in [0.05, 0.1) is 6.61 Å². The van der Waals surface area contributed by atoms with Crippen molar-refractivity contribution in [2.45, 2.75) is 6.61 Å². The first-order chi connectivity index (χ1) is 5.36. The third-order valence-corrected chi connectivity index (χ3v) is 1.33. The molecule has 2 nitrogen and oxygen atoms in total. The minimum atomic E-state index is -0.821. The Morgan fingerprint density at radius 3 is 2.36 bits per heavy atom. The van der Waals surface area contributed by atoms with Crippen molar-refractivity contribution in [3.63, 3.8) is 0 Å². The highest BCUT2D eigenvalue weighted by molar-refractivity contribution is 5.26. The summed E-state index contributed by atoms with van der Waals surface area (Å²) in [6.07, 6.45) is 0. The van der Waals surface area contributed by atoms with Gasteiger partial charge >= 0.3 is 0 Å². The fourth-order valence-electron chi connectivity index (χ4n) is 0.754. The maximum atomic E-state index is 11.6. The monoisotopic (exact) mass is 156 g/mol. The fourth-order valence-corrected chi connectivity index (χ4v) is 0.754. The SMILES string of the molecule is OCc1ccc(OCF)cc1. The van der Waals surface area contributed by atoms with Crippen LogP contribution >= 0.6 is 0 Å². The minimum absolute atomic E-state index is 0.00406. The smallest absolute Gasteiger partial charge is 0.228 e. The summed E-state index contributed by atoms with van der Waals surface area (Å²) < 4.78 is 16.1. The van der Waals surface area contributed by atoms with E-state index in [1.165, 1.54) is 0 Å². The van der Waals surface area contributed by atoms with Crippen molar-refractivity contribution >= 4 is 0 Å². The number of aliphatic hydroxyl groups excluding tert-OH is 1. The molecule has 3 heteroatoms. The van der Waals surface area contributed by atoms with Gasteiger partial charge < -0.3 is 9.84 Å². The lowest BCUT2D eigenvalue weighted by Gasteiger charge is -2.00. The van der Waals surface area contributed by atoms with Crippen molar-refractivity contribution in [1.82, 2.24) is 0 Å². The Morgan fingerprint density at radius 1 is 1.27 bits per heavy atom. The zero-order chi connectivity index (χ0) is 8.10. The molecule has 0 bridgehead atoms. The van der Waals surface area contributed by atoms with E-state index in [2.05, 4.69) is 4.74 Å². The van der Waals surface area contributed by atoms with Gasteiger partial charge in [-0.25, -0.2) is 4.39 Å². The normalized spacial score (nSPS) is 9.64. The second-order valence-electron chi connectivity index (χ2n) is 2.06. The molecule has 60 valence electrons. The lowest BCUT2D eigenvalue weighted by atomic mass is 10.2. The first kappa shape index (κ1) is 8.01. The molecule has 0 saturated carbocycles. The van der Waals surface area contributed by atoms with Gasteiger partial charge in [0.1, 0.15) is 5.75 Å². The summed E-state index contributed by atoms with van der Waals surface area (Å²) in [6, 6.07) is 6.60. The van der Waals surface area contributed by atoms with Crippen molar-refractivity contribution < 1.29 is 14.2 Å². The Kier molecular flexibility index (Phi) is 2.86. The lowest BCUT2D eigenvalue weighted by Crippen LogP contribution is -1.90. The third-order valence-electron chi connectivity index (χ3n) is 1.33. The van der Waals surface area contributed by atoms with Crippen LogP contribution in [-0.4, -0.2) is 12.0 Å². The van der Waals surface area contributed by atoms with E-state index in [4.69, 9.17) is 5.11 Å². The van der Waals surface area contributed by atoms with Crippen LogP contribution in [0.4, 0.5) is 4.39 Å². The molecule has 0 radical (unpaired) electrons. The zero-order valence-electron chi connectivity index (χ0n) is 5.96. The molecular weight excluding hydrogens is 147 g/mol. The fraction of sp³-hybridized carbons (Fsp3) is 0.250. The molecule has 1 aromatic rings. The van der Waals surface area contributed by atoms with Crippen molar-refractivity contribution in [2.24, 2.45) is 0 Å². The average Bonchev–Trinajstić information content (AvgIpc) is 2.07. The lowest BCUT2D eigenvalue weighted by molar-refractivity contribution is 0.191. The number of rotatable bonds is 3. The Hall–Kier alpha value is -1.09. The van der Waals surface area contributed by atoms with Gasteiger partial charge in [-0.1, -0.05) is 12.1 Å². The van der Waals surface area contributed by atoms with Gasteiger partial charge in [-0.15, -0.1) is 0 Å². The maximum absolute atomic E-state index is 11.6. The topological polar surface area (TPSA) is 29.5 Å². The van der Waals surface area contributed by atoms with Crippen LogP contribution in [0.2, 0.25) is 0 Å². The minimum Gasteiger partial charge on any atom is -0.463 e. The van der Waals surface area contributed by atoms with E-state index in [9.17, 15) is 4.39 Å². The summed E-state index contributed by atoms with van der Waals surface area (Å²) in [6.45, 7) is -0.825. The molecular formula is C8H9FO2. The number of aliphatic hydroxyl groups is 1. The number of benzene rings is 1. The highest BCUT2D eigenvalue weighted by atomic mass is 19.1. The van der Waals surface area contributed by atoms with Crippen LogP contribution in [0.3, 0.4) is 0 Å². The van der Waals surface area contributed by atoms with Crippen LogP contribution in [0.5, 0.6) is 5.75 Å². The van der Waals surface area contributed by atoms with Gasteiger partial charge in [-0.3, -0.25) is 0 Å². The number of hydrogen-bond acceptors (Lipinski definition) is 2. The standard InChI is InChI=1S/C8H9FO2/c9-6-11-8-3-1-7(5-10)2-4-8/h1-4,10H,5-6H2. The Labute approximate surface area is 64.2 Å². The third kappa shape index (κ3) is 2.20. The first-order valence-corrected chi connectivity index (χ1v) is 3.25. The molecule has 0 spiro atoms. The molecule has 1 aromatic carbocycles. The number of alkyl halides is 1. The first-order valence-electron chi connectivity index (χ1n) is 3.25. The molecule has 0 saturated heterocycles. The molecule has 0 amide bonds. The van der Waals surface area contributed by atoms with Crippen LogP contribution in [0.25, 0.3) is 0 Å². The molecule has 0 aliphatic carbocycles. The predicted molar refractivity (Wildman–Crippen MR) is 39.0 cm³/mol. The van der Waals surface area contributed by atoms with Gasteiger partial charge in [-0.2, -0.15) is 0 Å². The number of hydrogen-bond donors (Lipinski definition) is 1. The second-order valence-corrected chi connectivity index (χ2v) is 2.06. The van der Waals surface area contributed by atoms with Crippen molar-refractivity contribution in [2.75, 3.05) is 6.86 Å². The molecule has 1 rings (SSSR count). The van der Waals surface area contributed by atoms with E-state index in [-0.39, 0.29) is 6.61 Å². The summed E-state index contributed by atoms with van der Waals surface area (Å²) >= 11 is 0. The molecule has 0 aliphatic heterocycles. The van der Waals surface area contributed by atoms with Crippen LogP contribution in [-0.2, 0) is 6.61 Å². The van der Waals surface area contributed by atoms with E-state index < -0.39 is 6.86 Å². The molecule has 11 heavy (non-hydrogen) atoms. The Morgan fingerprint density at radius 2 is 1.91 bits per heavy atom. The van der Waals surface area contributed by atoms with E-state index in [1.54, 1.807) is 24.3 Å². The molecule has 0 aliphatic rings. The highest BCUT2D eigenvalue weighted by Gasteiger charge is 1.92. The molecule has 0 atom stereocenters. The molecule has 0 fully saturated rings. The molecule has 1 N–H and O–H groups in total. The van der Waals surface area contributed by atoms with Crippen LogP contribution in [0.15, 0.2) is 24.3 Å². The van der Waals surface area contributed by atoms with Gasteiger partial charge in [0.2, 0.25) is 6.86 Å². The Bertz CT molecular complexity index is 208. The zero-order valence-corrected chi connectivity index (χ0v) is 5.96. The molecule has 0 heterocycles. The van der Waals surface area contributed by atoms with Gasteiger partial charge in [0.15, 0.2) is 0 Å². The summed E-state index contributed by atoms with van der Waals surface area (Å²) in [7, 11) is 0. The summed E-state index contributed by atoms with van der Waals surface area (Å²) in [5, 5.41) is 8.64. The van der Waals surface area contributed by atoms with Crippen LogP contribution in [0, 0.1) is 0 Å². The molecule has 0 unspecified atom stereocenters. The summed E-state index contributed by atoms with van der Waals surface area (Å²) in [4.78, 5) is 0. The number of halogens is 1. The maximum Gasteiger partial charge on any atom is 0.228 e. The Balaban J connectivity index is 2.66. The quantitative estimate of drug-likeness (QED) is 0.718. The van der Waals surface area contributed by atoms with Crippen molar-refractivity contribution in [1.29, 1.82) is 0 Å². The largest absolute Gasteiger partial charge is 0.463 e. The van der Waals surface area contributed by atoms with E-state index >= 15 is 0 Å². The summed E-state index contributed by atoms with van der Waals surface area (Å²) in [5.74, 6) is 0.477. The van der Waals surface area contributed by atoms with Crippen molar-refractivity contribution in [3.05, 3.63) is 29.8 Å². The second kappa shape index (κ2) is 3.93. The molecule has 0 aromatic heterocycles. The van der Waals surface area contributed by atoms with Gasteiger partial charge in [0, 0.05) is 0 Å². The summed E-state index contributed by atoms with van der Waals surface area (Å²) in [5.41, 5.74) is 0.788. The van der Waals surface area contributed by atoms with Crippen LogP contribution < -0.4 is 4.74 Å². The van der Waals surface area contributed by atoms with E-state index in [0.717, 1.165) is 5.56 Å². The van der Waals surface area contributed by atoms with Crippen molar-refractivity contribution in [3.8, 4) is 5.75 Å². The average molecular weight is 156 g/mol. The van der Waals surface area contributed by atoms with E-state index in [0.29, 0.717) is 5.75 Å². The number of ether oxygens (including phenoxy) is 1. The van der Waals surface area contributed by atoms with E-state index in [1.807, 2.05) is 0 Å². The van der Waals surface area contributed by atoms with Gasteiger partial charge in [0.25, 0.3) is 0 Å².